The summed E-state index contributed by atoms with van der Waals surface area (Å²) in [4.78, 5) is 17.5. The van der Waals surface area contributed by atoms with E-state index in [9.17, 15) is 4.79 Å². The number of hydrogen-bond acceptors (Lipinski definition) is 5. The Hall–Kier alpha value is -2.54. The molecule has 1 unspecified atom stereocenters. The summed E-state index contributed by atoms with van der Waals surface area (Å²) in [6.07, 6.45) is 6.75. The molecule has 2 aliphatic heterocycles. The molecule has 0 bridgehead atoms. The fraction of sp³-hybridized carbons (Fsp3) is 0.565. The number of carbonyl (C=O) groups excluding carboxylic acids is 1. The zero-order valence-corrected chi connectivity index (χ0v) is 18.2. The van der Waals surface area contributed by atoms with Gasteiger partial charge in [-0.05, 0) is 48.6 Å². The molecule has 1 saturated heterocycles. The van der Waals surface area contributed by atoms with Gasteiger partial charge in [0.15, 0.2) is 11.5 Å². The molecule has 4 rings (SSSR count). The molecule has 0 N–H and O–H groups in total. The zero-order chi connectivity index (χ0) is 21.1. The molecule has 1 amide bonds. The van der Waals surface area contributed by atoms with E-state index in [1.54, 1.807) is 20.4 Å². The topological polar surface area (TPSA) is 59.8 Å². The van der Waals surface area contributed by atoms with E-state index < -0.39 is 0 Å². The normalized spacial score (nSPS) is 18.7. The van der Waals surface area contributed by atoms with Gasteiger partial charge in [-0.3, -0.25) is 14.4 Å². The van der Waals surface area contributed by atoms with Crippen LogP contribution in [0.5, 0.6) is 11.5 Å². The number of piperidine rings is 1. The first kappa shape index (κ1) is 20.7. The molecule has 1 atom stereocenters. The molecule has 1 fully saturated rings. The van der Waals surface area contributed by atoms with E-state index in [0.717, 1.165) is 56.9 Å². The van der Waals surface area contributed by atoms with Gasteiger partial charge in [-0.25, -0.2) is 0 Å². The van der Waals surface area contributed by atoms with Crippen LogP contribution >= 0.6 is 0 Å². The maximum Gasteiger partial charge on any atom is 0.227 e. The van der Waals surface area contributed by atoms with Crippen LogP contribution in [-0.4, -0.2) is 65.4 Å². The molecule has 3 heterocycles. The lowest BCUT2D eigenvalue weighted by molar-refractivity contribution is -0.137. The van der Waals surface area contributed by atoms with Gasteiger partial charge in [-0.2, -0.15) is 5.10 Å². The summed E-state index contributed by atoms with van der Waals surface area (Å²) in [6, 6.07) is 6.66. The minimum atomic E-state index is -0.0502. The first-order chi connectivity index (χ1) is 14.6. The van der Waals surface area contributed by atoms with Gasteiger partial charge in [0.1, 0.15) is 0 Å². The van der Waals surface area contributed by atoms with Gasteiger partial charge in [-0.15, -0.1) is 0 Å². The van der Waals surface area contributed by atoms with Crippen molar-refractivity contribution in [2.24, 2.45) is 5.92 Å². The molecule has 1 aromatic carbocycles. The Labute approximate surface area is 178 Å². The van der Waals surface area contributed by atoms with Crippen molar-refractivity contribution >= 4 is 5.91 Å². The van der Waals surface area contributed by atoms with Gasteiger partial charge < -0.3 is 14.4 Å². The van der Waals surface area contributed by atoms with Crippen molar-refractivity contribution in [3.05, 3.63) is 41.7 Å². The van der Waals surface area contributed by atoms with Crippen molar-refractivity contribution in [1.82, 2.24) is 19.6 Å². The Morgan fingerprint density at radius 1 is 1.13 bits per heavy atom. The van der Waals surface area contributed by atoms with Gasteiger partial charge in [0, 0.05) is 44.6 Å². The Balaban J connectivity index is 1.33. The maximum absolute atomic E-state index is 12.8. The number of aromatic nitrogens is 2. The van der Waals surface area contributed by atoms with Crippen LogP contribution in [0.2, 0.25) is 0 Å². The van der Waals surface area contributed by atoms with Crippen molar-refractivity contribution in [3.63, 3.8) is 0 Å². The molecule has 0 radical (unpaired) electrons. The van der Waals surface area contributed by atoms with Crippen LogP contribution in [0.4, 0.5) is 0 Å². The van der Waals surface area contributed by atoms with E-state index in [-0.39, 0.29) is 11.8 Å². The van der Waals surface area contributed by atoms with Crippen molar-refractivity contribution in [1.29, 1.82) is 0 Å². The summed E-state index contributed by atoms with van der Waals surface area (Å²) in [5, 5.41) is 4.22. The third-order valence-electron chi connectivity index (χ3n) is 6.48. The molecule has 0 saturated carbocycles. The largest absolute Gasteiger partial charge is 0.493 e. The molecule has 0 spiro atoms. The highest BCUT2D eigenvalue weighted by Crippen LogP contribution is 2.34. The zero-order valence-electron chi connectivity index (χ0n) is 18.2. The molecular formula is C23H32N4O3. The highest BCUT2D eigenvalue weighted by atomic mass is 16.5. The standard InChI is InChI=1S/C23H32N4O3/c1-17(15-27-9-4-8-24-27)23(28)25-11-6-20(7-12-25)26-10-5-18-13-21(29-2)22(30-3)14-19(18)16-26/h4,8-9,13-14,17,20H,5-7,10-12,15-16H2,1-3H3. The third kappa shape index (κ3) is 4.31. The van der Waals surface area contributed by atoms with E-state index in [1.807, 2.05) is 28.8 Å². The highest BCUT2D eigenvalue weighted by Gasteiger charge is 2.31. The average molecular weight is 413 g/mol. The molecule has 30 heavy (non-hydrogen) atoms. The molecule has 7 nitrogen and oxygen atoms in total. The lowest BCUT2D eigenvalue weighted by Gasteiger charge is -2.41. The number of fused-ring (bicyclic) bond motifs is 1. The van der Waals surface area contributed by atoms with Crippen LogP contribution in [0, 0.1) is 5.92 Å². The predicted molar refractivity (Wildman–Crippen MR) is 115 cm³/mol. The monoisotopic (exact) mass is 412 g/mol. The predicted octanol–water partition coefficient (Wildman–Crippen LogP) is 2.59. The number of carbonyl (C=O) groups is 1. The van der Waals surface area contributed by atoms with Gasteiger partial charge in [0.2, 0.25) is 5.91 Å². The van der Waals surface area contributed by atoms with E-state index >= 15 is 0 Å². The van der Waals surface area contributed by atoms with Crippen LogP contribution in [0.3, 0.4) is 0 Å². The Morgan fingerprint density at radius 2 is 1.83 bits per heavy atom. The minimum absolute atomic E-state index is 0.0502. The number of hydrogen-bond donors (Lipinski definition) is 0. The second-order valence-electron chi connectivity index (χ2n) is 8.38. The maximum atomic E-state index is 12.8. The van der Waals surface area contributed by atoms with Gasteiger partial charge in [-0.1, -0.05) is 6.92 Å². The fourth-order valence-electron chi connectivity index (χ4n) is 4.75. The highest BCUT2D eigenvalue weighted by molar-refractivity contribution is 5.78. The third-order valence-corrected chi connectivity index (χ3v) is 6.48. The van der Waals surface area contributed by atoms with E-state index in [0.29, 0.717) is 12.6 Å². The Kier molecular flexibility index (Phi) is 6.27. The molecule has 2 aromatic rings. The first-order valence-electron chi connectivity index (χ1n) is 10.8. The first-order valence-corrected chi connectivity index (χ1v) is 10.8. The van der Waals surface area contributed by atoms with Crippen LogP contribution in [0.25, 0.3) is 0 Å². The second-order valence-corrected chi connectivity index (χ2v) is 8.38. The summed E-state index contributed by atoms with van der Waals surface area (Å²) in [5.41, 5.74) is 2.68. The quantitative estimate of drug-likeness (QED) is 0.730. The summed E-state index contributed by atoms with van der Waals surface area (Å²) in [5.74, 6) is 1.79. The molecule has 7 heteroatoms. The summed E-state index contributed by atoms with van der Waals surface area (Å²) < 4.78 is 12.8. The Morgan fingerprint density at radius 3 is 2.47 bits per heavy atom. The van der Waals surface area contributed by atoms with Gasteiger partial charge >= 0.3 is 0 Å². The van der Waals surface area contributed by atoms with Crippen molar-refractivity contribution in [3.8, 4) is 11.5 Å². The van der Waals surface area contributed by atoms with E-state index in [1.165, 1.54) is 11.1 Å². The second kappa shape index (κ2) is 9.08. The van der Waals surface area contributed by atoms with Crippen molar-refractivity contribution in [2.75, 3.05) is 33.9 Å². The molecular weight excluding hydrogens is 380 g/mol. The minimum Gasteiger partial charge on any atom is -0.493 e. The molecule has 162 valence electrons. The summed E-state index contributed by atoms with van der Waals surface area (Å²) in [7, 11) is 3.37. The van der Waals surface area contributed by atoms with Crippen LogP contribution < -0.4 is 9.47 Å². The number of ether oxygens (including phenoxy) is 2. The van der Waals surface area contributed by atoms with Crippen LogP contribution in [0.15, 0.2) is 30.6 Å². The van der Waals surface area contributed by atoms with E-state index in [4.69, 9.17) is 9.47 Å². The van der Waals surface area contributed by atoms with E-state index in [2.05, 4.69) is 22.1 Å². The number of benzene rings is 1. The van der Waals surface area contributed by atoms with Crippen LogP contribution in [-0.2, 0) is 24.3 Å². The number of rotatable bonds is 6. The lowest BCUT2D eigenvalue weighted by atomic mass is 9.94. The van der Waals surface area contributed by atoms with Crippen molar-refractivity contribution in [2.45, 2.75) is 45.3 Å². The van der Waals surface area contributed by atoms with Crippen LogP contribution in [0.1, 0.15) is 30.9 Å². The molecule has 2 aliphatic rings. The number of amides is 1. The number of methoxy groups -OCH3 is 2. The van der Waals surface area contributed by atoms with Gasteiger partial charge in [0.05, 0.1) is 26.7 Å². The molecule has 1 aromatic heterocycles. The molecule has 0 aliphatic carbocycles. The Bertz CT molecular complexity index is 860. The van der Waals surface area contributed by atoms with Gasteiger partial charge in [0.25, 0.3) is 0 Å². The number of likely N-dealkylation sites (tertiary alicyclic amines) is 1. The fourth-order valence-corrected chi connectivity index (χ4v) is 4.75. The summed E-state index contributed by atoms with van der Waals surface area (Å²) in [6.45, 7) is 6.30. The smallest absolute Gasteiger partial charge is 0.227 e. The number of nitrogens with zero attached hydrogens (tertiary/aromatic N) is 4. The lowest BCUT2D eigenvalue weighted by Crippen LogP contribution is -2.49. The SMILES string of the molecule is COc1cc2c(cc1OC)CN(C1CCN(C(=O)C(C)Cn3cccn3)CC1)CC2. The average Bonchev–Trinajstić information content (AvgIpc) is 3.30. The van der Waals surface area contributed by atoms with Crippen molar-refractivity contribution < 1.29 is 14.3 Å². The summed E-state index contributed by atoms with van der Waals surface area (Å²) >= 11 is 0.